The van der Waals surface area contributed by atoms with Crippen molar-refractivity contribution in [1.82, 2.24) is 30.4 Å². The average molecular weight is 1020 g/mol. The number of methoxy groups -OCH3 is 2. The number of para-hydroxylation sites is 2. The molecule has 8 rings (SSSR count). The summed E-state index contributed by atoms with van der Waals surface area (Å²) in [5.41, 5.74) is 4.59. The van der Waals surface area contributed by atoms with Crippen LogP contribution in [-0.4, -0.2) is 144 Å². The second-order valence-electron chi connectivity index (χ2n) is 17.8. The van der Waals surface area contributed by atoms with Gasteiger partial charge in [-0.2, -0.15) is 0 Å². The minimum Gasteiger partial charge on any atom is -0.496 e. The lowest BCUT2D eigenvalue weighted by atomic mass is 10.1. The van der Waals surface area contributed by atoms with Crippen LogP contribution in [0, 0.1) is 6.92 Å². The van der Waals surface area contributed by atoms with Gasteiger partial charge >= 0.3 is 11.9 Å². The van der Waals surface area contributed by atoms with E-state index in [1.165, 1.54) is 31.9 Å². The van der Waals surface area contributed by atoms with Crippen LogP contribution in [-0.2, 0) is 19.2 Å². The summed E-state index contributed by atoms with van der Waals surface area (Å²) in [6, 6.07) is 31.4. The number of nitrogens with zero attached hydrogens (tertiary/aromatic N) is 6. The van der Waals surface area contributed by atoms with Gasteiger partial charge in [-0.3, -0.25) is 28.8 Å². The molecule has 19 heteroatoms. The summed E-state index contributed by atoms with van der Waals surface area (Å²) in [4.78, 5) is 92.2. The summed E-state index contributed by atoms with van der Waals surface area (Å²) >= 11 is 6.10. The number of fused-ring (bicyclic) bond motifs is 2. The summed E-state index contributed by atoms with van der Waals surface area (Å²) < 4.78 is 10.8. The second-order valence-corrected chi connectivity index (χ2v) is 18.3. The van der Waals surface area contributed by atoms with E-state index in [0.29, 0.717) is 73.4 Å². The molecular formula is C54H59ClN8O10. The van der Waals surface area contributed by atoms with Crippen molar-refractivity contribution in [2.45, 2.75) is 57.7 Å². The SMILES string of the molecule is COc1cc(C(=O)NC(CCC(=O)O)C(=O)N2CCN(c3cccc(C)c3)C(C)C2)nc2ccccc12.COc1cc(C(=O)NC(CCC(=O)O)C(=O)N2CCN(c3cccc(Cl)c3)CC2)nc2ccccc12. The molecule has 3 atom stereocenters. The number of aryl methyl sites for hydroxylation is 1. The molecule has 0 bridgehead atoms. The third-order valence-electron chi connectivity index (χ3n) is 12.8. The number of hydrogen-bond acceptors (Lipinski definition) is 12. The van der Waals surface area contributed by atoms with E-state index in [-0.39, 0.29) is 54.9 Å². The van der Waals surface area contributed by atoms with Crippen LogP contribution in [0.15, 0.2) is 109 Å². The van der Waals surface area contributed by atoms with Gasteiger partial charge in [-0.25, -0.2) is 9.97 Å². The van der Waals surface area contributed by atoms with Gasteiger partial charge in [-0.15, -0.1) is 0 Å². The molecule has 4 N–H and O–H groups in total. The summed E-state index contributed by atoms with van der Waals surface area (Å²) in [5.74, 6) is -2.84. The Balaban J connectivity index is 0.000000214. The molecule has 2 saturated heterocycles. The van der Waals surface area contributed by atoms with Gasteiger partial charge in [-0.05, 0) is 86.8 Å². The number of halogens is 1. The maximum Gasteiger partial charge on any atom is 0.303 e. The maximum atomic E-state index is 13.5. The van der Waals surface area contributed by atoms with Gasteiger partial charge in [0.15, 0.2) is 0 Å². The Hall–Kier alpha value is -7.99. The number of amides is 4. The van der Waals surface area contributed by atoms with Crippen LogP contribution in [0.4, 0.5) is 11.4 Å². The fourth-order valence-electron chi connectivity index (χ4n) is 9.02. The van der Waals surface area contributed by atoms with Gasteiger partial charge < -0.3 is 49.9 Å². The molecule has 73 heavy (non-hydrogen) atoms. The van der Waals surface area contributed by atoms with Crippen molar-refractivity contribution < 1.29 is 48.5 Å². The van der Waals surface area contributed by atoms with Crippen molar-refractivity contribution in [2.24, 2.45) is 0 Å². The van der Waals surface area contributed by atoms with Crippen molar-refractivity contribution in [1.29, 1.82) is 0 Å². The number of rotatable bonds is 16. The number of carbonyl (C=O) groups is 6. The van der Waals surface area contributed by atoms with Crippen molar-refractivity contribution in [3.63, 3.8) is 0 Å². The molecule has 382 valence electrons. The number of carbonyl (C=O) groups excluding carboxylic acids is 4. The highest BCUT2D eigenvalue weighted by atomic mass is 35.5. The van der Waals surface area contributed by atoms with Gasteiger partial charge in [0.2, 0.25) is 11.8 Å². The number of carboxylic acids is 2. The molecule has 2 aromatic heterocycles. The number of aliphatic carboxylic acids is 2. The number of anilines is 2. The van der Waals surface area contributed by atoms with Crippen LogP contribution < -0.4 is 29.9 Å². The number of benzene rings is 4. The molecule has 4 heterocycles. The Labute approximate surface area is 427 Å². The Kier molecular flexibility index (Phi) is 17.7. The van der Waals surface area contributed by atoms with Crippen LogP contribution in [0.1, 0.15) is 59.1 Å². The van der Waals surface area contributed by atoms with Crippen LogP contribution >= 0.6 is 11.6 Å². The standard InChI is InChI=1S/C28H32N4O5.C26H27ClN4O5/c1-18-7-6-8-20(15-18)32-14-13-31(17-19(32)2)28(36)23(11-12-26(33)34)30-27(35)24-16-25(37-3)21-9-4-5-10-22(21)29-24;1-36-23-16-22(28-20-8-3-2-7-19(20)23)25(34)29-21(9-10-24(32)33)26(35)31-13-11-30(12-14-31)18-6-4-5-17(27)15-18/h4-10,15-16,19,23H,11-14,17H2,1-3H3,(H,30,35)(H,33,34);2-8,15-16,21H,9-14H2,1H3,(H,29,34)(H,32,33). The van der Waals surface area contributed by atoms with Gasteiger partial charge in [-0.1, -0.05) is 54.1 Å². The fraction of sp³-hybridized carbons (Fsp3) is 0.333. The van der Waals surface area contributed by atoms with E-state index >= 15 is 0 Å². The van der Waals surface area contributed by atoms with Gasteiger partial charge in [0.1, 0.15) is 35.0 Å². The number of aromatic nitrogens is 2. The van der Waals surface area contributed by atoms with E-state index in [1.807, 2.05) is 67.6 Å². The van der Waals surface area contributed by atoms with Crippen molar-refractivity contribution in [3.8, 4) is 11.5 Å². The van der Waals surface area contributed by atoms with Crippen LogP contribution in [0.25, 0.3) is 21.8 Å². The summed E-state index contributed by atoms with van der Waals surface area (Å²) in [5, 5.41) is 26.0. The van der Waals surface area contributed by atoms with E-state index in [0.717, 1.165) is 22.1 Å². The molecule has 0 spiro atoms. The Morgan fingerprint density at radius 3 is 1.62 bits per heavy atom. The zero-order chi connectivity index (χ0) is 52.2. The molecule has 4 aromatic carbocycles. The van der Waals surface area contributed by atoms with Gasteiger partial charge in [0.05, 0.1) is 25.3 Å². The first-order chi connectivity index (χ1) is 35.1. The number of carboxylic acid groups (broad SMARTS) is 2. The lowest BCUT2D eigenvalue weighted by molar-refractivity contribution is -0.139. The highest BCUT2D eigenvalue weighted by molar-refractivity contribution is 6.30. The summed E-state index contributed by atoms with van der Waals surface area (Å²) in [7, 11) is 3.02. The van der Waals surface area contributed by atoms with E-state index in [9.17, 15) is 39.0 Å². The van der Waals surface area contributed by atoms with E-state index < -0.39 is 35.8 Å². The number of hydrogen-bond donors (Lipinski definition) is 4. The minimum atomic E-state index is -1.04. The zero-order valence-corrected chi connectivity index (χ0v) is 41.9. The smallest absolute Gasteiger partial charge is 0.303 e. The average Bonchev–Trinajstić information content (AvgIpc) is 3.39. The predicted octanol–water partition coefficient (Wildman–Crippen LogP) is 6.46. The topological polar surface area (TPSA) is 224 Å². The third kappa shape index (κ3) is 13.5. The molecule has 3 unspecified atom stereocenters. The molecular weight excluding hydrogens is 956 g/mol. The molecule has 0 radical (unpaired) electrons. The van der Waals surface area contributed by atoms with Crippen molar-refractivity contribution >= 4 is 80.3 Å². The van der Waals surface area contributed by atoms with Crippen LogP contribution in [0.5, 0.6) is 11.5 Å². The van der Waals surface area contributed by atoms with Crippen LogP contribution in [0.2, 0.25) is 5.02 Å². The number of pyridine rings is 2. The minimum absolute atomic E-state index is 0.0168. The fourth-order valence-corrected chi connectivity index (χ4v) is 9.20. The Bertz CT molecular complexity index is 2990. The molecule has 0 aliphatic carbocycles. The lowest BCUT2D eigenvalue weighted by Crippen LogP contribution is -2.58. The number of piperazine rings is 2. The Morgan fingerprint density at radius 1 is 0.630 bits per heavy atom. The molecule has 0 saturated carbocycles. The second kappa shape index (κ2) is 24.4. The molecule has 6 aromatic rings. The zero-order valence-electron chi connectivity index (χ0n) is 41.1. The van der Waals surface area contributed by atoms with Gasteiger partial charge in [0.25, 0.3) is 11.8 Å². The normalized spacial score (nSPS) is 15.4. The molecule has 18 nitrogen and oxygen atoms in total. The van der Waals surface area contributed by atoms with Crippen molar-refractivity contribution in [3.05, 3.63) is 131 Å². The first kappa shape index (κ1) is 52.8. The summed E-state index contributed by atoms with van der Waals surface area (Å²) in [6.07, 6.45) is -0.548. The van der Waals surface area contributed by atoms with Gasteiger partial charge in [0, 0.05) is 104 Å². The monoisotopic (exact) mass is 1010 g/mol. The summed E-state index contributed by atoms with van der Waals surface area (Å²) in [6.45, 7) is 7.73. The van der Waals surface area contributed by atoms with E-state index in [2.05, 4.69) is 49.5 Å². The molecule has 2 fully saturated rings. The highest BCUT2D eigenvalue weighted by Crippen LogP contribution is 2.28. The predicted molar refractivity (Wildman–Crippen MR) is 278 cm³/mol. The molecule has 2 aliphatic rings. The quantitative estimate of drug-likeness (QED) is 0.0817. The number of ether oxygens (including phenoxy) is 2. The van der Waals surface area contributed by atoms with E-state index in [1.54, 1.807) is 34.1 Å². The lowest BCUT2D eigenvalue weighted by Gasteiger charge is -2.42. The maximum absolute atomic E-state index is 13.5. The van der Waals surface area contributed by atoms with Crippen LogP contribution in [0.3, 0.4) is 0 Å². The third-order valence-corrected chi connectivity index (χ3v) is 13.0. The first-order valence-electron chi connectivity index (χ1n) is 24.0. The number of nitrogens with one attached hydrogen (secondary N) is 2. The van der Waals surface area contributed by atoms with E-state index in [4.69, 9.17) is 21.1 Å². The molecule has 4 amide bonds. The first-order valence-corrected chi connectivity index (χ1v) is 24.3. The Morgan fingerprint density at radius 2 is 1.12 bits per heavy atom. The van der Waals surface area contributed by atoms with Crippen molar-refractivity contribution in [2.75, 3.05) is 69.8 Å². The highest BCUT2D eigenvalue weighted by Gasteiger charge is 2.34. The molecule has 2 aliphatic heterocycles. The largest absolute Gasteiger partial charge is 0.496 e.